The van der Waals surface area contributed by atoms with Gasteiger partial charge in [-0.2, -0.15) is 0 Å². The Bertz CT molecular complexity index is 704. The predicted octanol–water partition coefficient (Wildman–Crippen LogP) is 5.41. The molecule has 3 rings (SSSR count). The van der Waals surface area contributed by atoms with Gasteiger partial charge in [0.25, 0.3) is 0 Å². The van der Waals surface area contributed by atoms with E-state index >= 15 is 0 Å². The van der Waals surface area contributed by atoms with Crippen molar-refractivity contribution in [3.05, 3.63) is 53.1 Å². The molecule has 3 heteroatoms. The van der Waals surface area contributed by atoms with Gasteiger partial charge in [-0.15, -0.1) is 0 Å². The fraction of sp³-hybridized carbons (Fsp3) is 0.565. The molecule has 0 bridgehead atoms. The number of nitrogens with one attached hydrogen (secondary N) is 2. The molecule has 0 aromatic heterocycles. The van der Waals surface area contributed by atoms with Crippen LogP contribution in [0, 0.1) is 17.7 Å². The SMILES string of the molecule is C=C(NC1CCCC(C(C)C)C1)NC(C)C1=C(C)c2cc(F)ccc2C1. The number of benzene rings is 1. The maximum Gasteiger partial charge on any atom is 0.123 e. The Kier molecular flexibility index (Phi) is 5.74. The van der Waals surface area contributed by atoms with Crippen molar-refractivity contribution in [3.8, 4) is 0 Å². The normalized spacial score (nSPS) is 23.8. The van der Waals surface area contributed by atoms with Gasteiger partial charge in [0.1, 0.15) is 5.82 Å². The summed E-state index contributed by atoms with van der Waals surface area (Å²) in [4.78, 5) is 0. The molecular weight excluding hydrogens is 323 g/mol. The van der Waals surface area contributed by atoms with Crippen LogP contribution in [0.2, 0.25) is 0 Å². The molecule has 0 amide bonds. The van der Waals surface area contributed by atoms with Gasteiger partial charge in [0, 0.05) is 12.1 Å². The largest absolute Gasteiger partial charge is 0.370 e. The molecule has 0 spiro atoms. The van der Waals surface area contributed by atoms with Crippen LogP contribution in [0.25, 0.3) is 5.57 Å². The Labute approximate surface area is 158 Å². The fourth-order valence-corrected chi connectivity index (χ4v) is 4.64. The fourth-order valence-electron chi connectivity index (χ4n) is 4.64. The number of halogens is 1. The van der Waals surface area contributed by atoms with Gasteiger partial charge >= 0.3 is 0 Å². The van der Waals surface area contributed by atoms with E-state index in [1.54, 1.807) is 12.1 Å². The molecular formula is C23H33FN2. The van der Waals surface area contributed by atoms with Crippen LogP contribution in [0.3, 0.4) is 0 Å². The first-order chi connectivity index (χ1) is 12.3. The molecule has 3 unspecified atom stereocenters. The summed E-state index contributed by atoms with van der Waals surface area (Å²) < 4.78 is 13.6. The van der Waals surface area contributed by atoms with Gasteiger partial charge in [0.05, 0.1) is 5.82 Å². The van der Waals surface area contributed by atoms with E-state index in [0.29, 0.717) is 6.04 Å². The molecule has 0 saturated heterocycles. The summed E-state index contributed by atoms with van der Waals surface area (Å²) >= 11 is 0. The third-order valence-electron chi connectivity index (χ3n) is 6.29. The molecule has 1 aromatic rings. The summed E-state index contributed by atoms with van der Waals surface area (Å²) in [6, 6.07) is 5.84. The number of hydrogen-bond acceptors (Lipinski definition) is 2. The minimum absolute atomic E-state index is 0.159. The second-order valence-corrected chi connectivity index (χ2v) is 8.49. The zero-order chi connectivity index (χ0) is 18.8. The van der Waals surface area contributed by atoms with Crippen LogP contribution in [0.15, 0.2) is 36.2 Å². The van der Waals surface area contributed by atoms with Crippen molar-refractivity contribution < 1.29 is 4.39 Å². The minimum atomic E-state index is -0.159. The lowest BCUT2D eigenvalue weighted by molar-refractivity contribution is 0.237. The highest BCUT2D eigenvalue weighted by Crippen LogP contribution is 2.35. The Morgan fingerprint density at radius 3 is 2.73 bits per heavy atom. The van der Waals surface area contributed by atoms with E-state index in [1.165, 1.54) is 42.4 Å². The minimum Gasteiger partial charge on any atom is -0.370 e. The first-order valence-electron chi connectivity index (χ1n) is 10.1. The van der Waals surface area contributed by atoms with E-state index in [4.69, 9.17) is 0 Å². The predicted molar refractivity (Wildman–Crippen MR) is 108 cm³/mol. The Morgan fingerprint density at radius 1 is 1.23 bits per heavy atom. The van der Waals surface area contributed by atoms with Gasteiger partial charge in [-0.3, -0.25) is 0 Å². The number of fused-ring (bicyclic) bond motifs is 1. The van der Waals surface area contributed by atoms with Crippen molar-refractivity contribution in [1.82, 2.24) is 10.6 Å². The van der Waals surface area contributed by atoms with Gasteiger partial charge in [-0.25, -0.2) is 4.39 Å². The lowest BCUT2D eigenvalue weighted by Crippen LogP contribution is -2.41. The average Bonchev–Trinajstić information content (AvgIpc) is 2.91. The van der Waals surface area contributed by atoms with E-state index in [-0.39, 0.29) is 11.9 Å². The van der Waals surface area contributed by atoms with Gasteiger partial charge < -0.3 is 10.6 Å². The summed E-state index contributed by atoms with van der Waals surface area (Å²) in [6.45, 7) is 13.1. The molecule has 0 heterocycles. The van der Waals surface area contributed by atoms with Crippen LogP contribution in [-0.4, -0.2) is 12.1 Å². The Hall–Kier alpha value is -1.77. The second-order valence-electron chi connectivity index (χ2n) is 8.49. The van der Waals surface area contributed by atoms with Crippen molar-refractivity contribution in [2.45, 2.75) is 71.9 Å². The van der Waals surface area contributed by atoms with Crippen LogP contribution < -0.4 is 10.6 Å². The molecule has 2 aliphatic carbocycles. The molecule has 1 fully saturated rings. The van der Waals surface area contributed by atoms with Crippen LogP contribution in [0.1, 0.15) is 64.5 Å². The highest BCUT2D eigenvalue weighted by Gasteiger charge is 2.26. The van der Waals surface area contributed by atoms with Crippen LogP contribution in [-0.2, 0) is 6.42 Å². The first-order valence-corrected chi connectivity index (χ1v) is 10.1. The van der Waals surface area contributed by atoms with E-state index in [9.17, 15) is 4.39 Å². The molecule has 2 nitrogen and oxygen atoms in total. The Morgan fingerprint density at radius 2 is 2.00 bits per heavy atom. The zero-order valence-corrected chi connectivity index (χ0v) is 16.7. The van der Waals surface area contributed by atoms with E-state index in [0.717, 1.165) is 29.6 Å². The van der Waals surface area contributed by atoms with Gasteiger partial charge in [0.15, 0.2) is 0 Å². The average molecular weight is 357 g/mol. The lowest BCUT2D eigenvalue weighted by atomic mass is 9.79. The third-order valence-corrected chi connectivity index (χ3v) is 6.29. The Balaban J connectivity index is 1.58. The van der Waals surface area contributed by atoms with Crippen LogP contribution in [0.4, 0.5) is 4.39 Å². The summed E-state index contributed by atoms with van der Waals surface area (Å²) in [5.41, 5.74) is 4.81. The summed E-state index contributed by atoms with van der Waals surface area (Å²) in [5.74, 6) is 2.32. The monoisotopic (exact) mass is 356 g/mol. The van der Waals surface area contributed by atoms with Crippen LogP contribution in [0.5, 0.6) is 0 Å². The van der Waals surface area contributed by atoms with Gasteiger partial charge in [-0.1, -0.05) is 39.3 Å². The van der Waals surface area contributed by atoms with Crippen molar-refractivity contribution in [3.63, 3.8) is 0 Å². The van der Waals surface area contributed by atoms with Gasteiger partial charge in [0.2, 0.25) is 0 Å². The quantitative estimate of drug-likeness (QED) is 0.712. The summed E-state index contributed by atoms with van der Waals surface area (Å²) in [6.07, 6.45) is 6.01. The maximum atomic E-state index is 13.6. The van der Waals surface area contributed by atoms with Crippen LogP contribution >= 0.6 is 0 Å². The topological polar surface area (TPSA) is 24.1 Å². The number of hydrogen-bond donors (Lipinski definition) is 2. The zero-order valence-electron chi connectivity index (χ0n) is 16.7. The molecule has 0 radical (unpaired) electrons. The smallest absolute Gasteiger partial charge is 0.123 e. The van der Waals surface area contributed by atoms with Crippen molar-refractivity contribution in [1.29, 1.82) is 0 Å². The van der Waals surface area contributed by atoms with Crippen molar-refractivity contribution in [2.75, 3.05) is 0 Å². The third kappa shape index (κ3) is 4.13. The molecule has 1 saturated carbocycles. The molecule has 0 aliphatic heterocycles. The summed E-state index contributed by atoms with van der Waals surface area (Å²) in [7, 11) is 0. The molecule has 142 valence electrons. The van der Waals surface area contributed by atoms with Crippen molar-refractivity contribution in [2.24, 2.45) is 11.8 Å². The van der Waals surface area contributed by atoms with Crippen molar-refractivity contribution >= 4 is 5.57 Å². The molecule has 2 aliphatic rings. The van der Waals surface area contributed by atoms with Gasteiger partial charge in [-0.05, 0) is 79.4 Å². The number of rotatable bonds is 6. The van der Waals surface area contributed by atoms with E-state index in [1.807, 2.05) is 6.07 Å². The lowest BCUT2D eigenvalue weighted by Gasteiger charge is -2.34. The first kappa shape index (κ1) is 19.0. The van der Waals surface area contributed by atoms with E-state index < -0.39 is 0 Å². The standard InChI is InChI=1S/C23H33FN2/c1-14(2)18-7-6-8-21(11-18)26-17(5)25-16(4)22-12-19-9-10-20(24)13-23(19)15(22)3/h9-10,13-14,16,18,21,25-26H,5-8,11-12H2,1-4H3. The van der Waals surface area contributed by atoms with E-state index in [2.05, 4.69) is 44.9 Å². The highest BCUT2D eigenvalue weighted by atomic mass is 19.1. The second kappa shape index (κ2) is 7.85. The molecule has 1 aromatic carbocycles. The molecule has 2 N–H and O–H groups in total. The maximum absolute atomic E-state index is 13.6. The number of allylic oxidation sites excluding steroid dienone is 1. The molecule has 26 heavy (non-hydrogen) atoms. The summed E-state index contributed by atoms with van der Waals surface area (Å²) in [5, 5.41) is 7.15. The molecule has 3 atom stereocenters. The highest BCUT2D eigenvalue weighted by molar-refractivity contribution is 5.75.